The van der Waals surface area contributed by atoms with E-state index in [-0.39, 0.29) is 0 Å². The summed E-state index contributed by atoms with van der Waals surface area (Å²) in [5, 5.41) is 0. The number of rotatable bonds is 0. The van der Waals surface area contributed by atoms with E-state index in [9.17, 15) is 0 Å². The van der Waals surface area contributed by atoms with E-state index in [4.69, 9.17) is 9.47 Å². The largest absolute Gasteiger partial charge is 0.457 e. The van der Waals surface area contributed by atoms with Crippen molar-refractivity contribution in [2.24, 2.45) is 0 Å². The summed E-state index contributed by atoms with van der Waals surface area (Å²) in [5.74, 6) is 3.61. The van der Waals surface area contributed by atoms with Gasteiger partial charge in [-0.25, -0.2) is 0 Å². The second-order valence-corrected chi connectivity index (χ2v) is 7.95. The molecule has 0 atom stereocenters. The first-order chi connectivity index (χ1) is 14.2. The fourth-order valence-corrected chi connectivity index (χ4v) is 4.89. The Morgan fingerprint density at radius 1 is 0.483 bits per heavy atom. The molecule has 0 unspecified atom stereocenters. The Kier molecular flexibility index (Phi) is 3.25. The molecule has 0 radical (unpaired) electrons. The topological polar surface area (TPSA) is 18.5 Å². The highest BCUT2D eigenvalue weighted by Crippen LogP contribution is 2.61. The molecule has 0 saturated carbocycles. The van der Waals surface area contributed by atoms with Gasteiger partial charge in [0.05, 0.1) is 5.41 Å². The number of hydrogen-bond acceptors (Lipinski definition) is 2. The molecular weight excluding hydrogens is 356 g/mol. The average molecular weight is 376 g/mol. The fourth-order valence-electron chi connectivity index (χ4n) is 4.89. The van der Waals surface area contributed by atoms with E-state index in [1.165, 1.54) is 11.1 Å². The summed E-state index contributed by atoms with van der Waals surface area (Å²) in [6, 6.07) is 29.8. The molecule has 2 aliphatic heterocycles. The molecule has 2 nitrogen and oxygen atoms in total. The van der Waals surface area contributed by atoms with Gasteiger partial charge in [0.25, 0.3) is 0 Å². The maximum absolute atomic E-state index is 6.46. The Labute approximate surface area is 170 Å². The third-order valence-corrected chi connectivity index (χ3v) is 6.10. The van der Waals surface area contributed by atoms with Crippen LogP contribution < -0.4 is 9.47 Å². The van der Waals surface area contributed by atoms with Gasteiger partial charge in [-0.3, -0.25) is 0 Å². The maximum Gasteiger partial charge on any atom is 0.132 e. The fraction of sp³-hybridized carbons (Fsp3) is 0.111. The molecule has 6 rings (SSSR count). The highest BCUT2D eigenvalue weighted by molar-refractivity contribution is 5.75. The van der Waals surface area contributed by atoms with Gasteiger partial charge in [-0.2, -0.15) is 0 Å². The predicted molar refractivity (Wildman–Crippen MR) is 114 cm³/mol. The second kappa shape index (κ2) is 5.74. The second-order valence-electron chi connectivity index (χ2n) is 7.95. The predicted octanol–water partition coefficient (Wildman–Crippen LogP) is 6.90. The lowest BCUT2D eigenvalue weighted by Gasteiger charge is -2.44. The number of para-hydroxylation sites is 2. The molecule has 0 aliphatic carbocycles. The molecule has 0 saturated heterocycles. The highest BCUT2D eigenvalue weighted by Gasteiger charge is 2.50. The molecule has 4 aromatic rings. The van der Waals surface area contributed by atoms with Crippen molar-refractivity contribution in [1.29, 1.82) is 0 Å². The molecule has 0 fully saturated rings. The summed E-state index contributed by atoms with van der Waals surface area (Å²) < 4.78 is 12.8. The van der Waals surface area contributed by atoms with Crippen LogP contribution in [0.2, 0.25) is 0 Å². The van der Waals surface area contributed by atoms with E-state index in [2.05, 4.69) is 86.6 Å². The van der Waals surface area contributed by atoms with Gasteiger partial charge in [0, 0.05) is 22.3 Å². The SMILES string of the molecule is Cc1ccc2c(c1)Oc1cc(C)ccc1C21c2ccccc2Oc2ccccc21. The van der Waals surface area contributed by atoms with Crippen molar-refractivity contribution in [2.45, 2.75) is 19.3 Å². The quantitative estimate of drug-likeness (QED) is 0.287. The summed E-state index contributed by atoms with van der Waals surface area (Å²) in [7, 11) is 0. The summed E-state index contributed by atoms with van der Waals surface area (Å²) in [4.78, 5) is 0. The van der Waals surface area contributed by atoms with E-state index in [1.54, 1.807) is 0 Å². The summed E-state index contributed by atoms with van der Waals surface area (Å²) in [5.41, 5.74) is 6.50. The Bertz CT molecular complexity index is 1190. The van der Waals surface area contributed by atoms with Crippen molar-refractivity contribution in [3.05, 3.63) is 118 Å². The van der Waals surface area contributed by atoms with Crippen LogP contribution in [0.4, 0.5) is 0 Å². The molecule has 4 aromatic carbocycles. The normalized spacial score (nSPS) is 14.7. The van der Waals surface area contributed by atoms with Crippen LogP contribution in [0.15, 0.2) is 84.9 Å². The molecule has 2 heterocycles. The van der Waals surface area contributed by atoms with Gasteiger partial charge in [-0.15, -0.1) is 0 Å². The van der Waals surface area contributed by atoms with Crippen LogP contribution in [0.25, 0.3) is 0 Å². The van der Waals surface area contributed by atoms with Crippen molar-refractivity contribution in [1.82, 2.24) is 0 Å². The Hall–Kier alpha value is -3.52. The van der Waals surface area contributed by atoms with Crippen molar-refractivity contribution >= 4 is 0 Å². The van der Waals surface area contributed by atoms with Gasteiger partial charge in [-0.1, -0.05) is 60.7 Å². The number of hydrogen-bond donors (Lipinski definition) is 0. The van der Waals surface area contributed by atoms with Crippen molar-refractivity contribution in [2.75, 3.05) is 0 Å². The van der Waals surface area contributed by atoms with Crippen LogP contribution in [0.3, 0.4) is 0 Å². The maximum atomic E-state index is 6.46. The summed E-state index contributed by atoms with van der Waals surface area (Å²) >= 11 is 0. The summed E-state index contributed by atoms with van der Waals surface area (Å²) in [6.07, 6.45) is 0. The van der Waals surface area contributed by atoms with Gasteiger partial charge >= 0.3 is 0 Å². The molecule has 0 bridgehead atoms. The molecule has 2 heteroatoms. The van der Waals surface area contributed by atoms with Crippen molar-refractivity contribution < 1.29 is 9.47 Å². The smallest absolute Gasteiger partial charge is 0.132 e. The third kappa shape index (κ3) is 2.11. The Balaban J connectivity index is 1.84. The zero-order valence-corrected chi connectivity index (χ0v) is 16.4. The zero-order chi connectivity index (χ0) is 19.6. The van der Waals surface area contributed by atoms with Gasteiger partial charge in [0.15, 0.2) is 0 Å². The average Bonchev–Trinajstić information content (AvgIpc) is 2.73. The van der Waals surface area contributed by atoms with E-state index in [1.807, 2.05) is 12.1 Å². The van der Waals surface area contributed by atoms with Crippen LogP contribution >= 0.6 is 0 Å². The van der Waals surface area contributed by atoms with Gasteiger partial charge in [0.2, 0.25) is 0 Å². The first-order valence-electron chi connectivity index (χ1n) is 9.95. The van der Waals surface area contributed by atoms with Crippen molar-refractivity contribution in [3.63, 3.8) is 0 Å². The van der Waals surface area contributed by atoms with Gasteiger partial charge in [-0.05, 0) is 49.2 Å². The van der Waals surface area contributed by atoms with E-state index in [0.29, 0.717) is 0 Å². The molecule has 2 aliphatic rings. The molecule has 29 heavy (non-hydrogen) atoms. The van der Waals surface area contributed by atoms with E-state index < -0.39 is 5.41 Å². The first kappa shape index (κ1) is 16.4. The van der Waals surface area contributed by atoms with E-state index in [0.717, 1.165) is 45.3 Å². The minimum absolute atomic E-state index is 0.476. The third-order valence-electron chi connectivity index (χ3n) is 6.10. The van der Waals surface area contributed by atoms with Crippen molar-refractivity contribution in [3.8, 4) is 23.0 Å². The lowest BCUT2D eigenvalue weighted by atomic mass is 9.62. The molecule has 1 spiro atoms. The number of benzene rings is 4. The number of ether oxygens (including phenoxy) is 2. The molecule has 0 aromatic heterocycles. The van der Waals surface area contributed by atoms with Crippen LogP contribution in [0, 0.1) is 13.8 Å². The van der Waals surface area contributed by atoms with Crippen LogP contribution in [0.5, 0.6) is 23.0 Å². The molecule has 140 valence electrons. The number of aryl methyl sites for hydroxylation is 2. The highest BCUT2D eigenvalue weighted by atomic mass is 16.5. The Morgan fingerprint density at radius 3 is 1.41 bits per heavy atom. The van der Waals surface area contributed by atoms with Crippen LogP contribution in [-0.4, -0.2) is 0 Å². The van der Waals surface area contributed by atoms with Crippen LogP contribution in [0.1, 0.15) is 33.4 Å². The standard InChI is InChI=1S/C27H20O2/c1-17-11-13-21-25(15-17)29-26-16-18(2)12-14-22(26)27(21)19-7-3-5-9-23(19)28-24-10-6-4-8-20(24)27/h3-16H,1-2H3. The minimum atomic E-state index is -0.476. The van der Waals surface area contributed by atoms with E-state index >= 15 is 0 Å². The van der Waals surface area contributed by atoms with Gasteiger partial charge < -0.3 is 9.47 Å². The zero-order valence-electron chi connectivity index (χ0n) is 16.4. The summed E-state index contributed by atoms with van der Waals surface area (Å²) in [6.45, 7) is 4.21. The lowest BCUT2D eigenvalue weighted by molar-refractivity contribution is 0.399. The minimum Gasteiger partial charge on any atom is -0.457 e. The Morgan fingerprint density at radius 2 is 0.897 bits per heavy atom. The lowest BCUT2D eigenvalue weighted by Crippen LogP contribution is -2.36. The molecule has 0 N–H and O–H groups in total. The monoisotopic (exact) mass is 376 g/mol. The molecular formula is C27H20O2. The molecule has 0 amide bonds. The van der Waals surface area contributed by atoms with Gasteiger partial charge in [0.1, 0.15) is 23.0 Å². The van der Waals surface area contributed by atoms with Crippen LogP contribution in [-0.2, 0) is 5.41 Å². The number of fused-ring (bicyclic) bond motifs is 8. The first-order valence-corrected chi connectivity index (χ1v) is 9.95.